The first kappa shape index (κ1) is 15.0. The molecule has 0 spiro atoms. The monoisotopic (exact) mass is 397 g/mol. The normalized spacial score (nSPS) is 10.5. The van der Waals surface area contributed by atoms with Gasteiger partial charge in [-0.3, -0.25) is 9.89 Å². The number of carbonyl (C=O) groups excluding carboxylic acids is 1. The third kappa shape index (κ3) is 3.65. The quantitative estimate of drug-likeness (QED) is 0.612. The average Bonchev–Trinajstić information content (AvgIpc) is 3.11. The average molecular weight is 399 g/mol. The highest BCUT2D eigenvalue weighted by Gasteiger charge is 2.12. The van der Waals surface area contributed by atoms with Crippen molar-refractivity contribution in [2.24, 2.45) is 0 Å². The van der Waals surface area contributed by atoms with E-state index in [1.807, 2.05) is 12.1 Å². The highest BCUT2D eigenvalue weighted by molar-refractivity contribution is 9.10. The van der Waals surface area contributed by atoms with Crippen molar-refractivity contribution in [1.82, 2.24) is 15.2 Å². The lowest BCUT2D eigenvalue weighted by Gasteiger charge is -2.01. The zero-order valence-corrected chi connectivity index (χ0v) is 14.1. The SMILES string of the molecule is O=C(Nc1cc(Br)[nH]n1)c1csc(Nc2ccc(Cl)cc2)n1. The molecule has 1 aromatic carbocycles. The van der Waals surface area contributed by atoms with Crippen LogP contribution in [0.3, 0.4) is 0 Å². The molecule has 0 unspecified atom stereocenters. The fraction of sp³-hybridized carbons (Fsp3) is 0. The molecule has 0 aliphatic heterocycles. The van der Waals surface area contributed by atoms with Crippen LogP contribution in [-0.2, 0) is 0 Å². The van der Waals surface area contributed by atoms with Crippen LogP contribution in [0.5, 0.6) is 0 Å². The Labute approximate surface area is 143 Å². The standard InChI is InChI=1S/C13H9BrClN5OS/c14-10-5-11(20-19-10)18-12(21)9-6-22-13(17-9)16-8-3-1-7(15)2-4-8/h1-6H,(H,16,17)(H2,18,19,20,21). The van der Waals surface area contributed by atoms with Gasteiger partial charge in [-0.15, -0.1) is 11.3 Å². The first-order valence-corrected chi connectivity index (χ1v) is 8.15. The molecule has 3 N–H and O–H groups in total. The summed E-state index contributed by atoms with van der Waals surface area (Å²) in [5.41, 5.74) is 1.17. The molecule has 0 fully saturated rings. The fourth-order valence-corrected chi connectivity index (χ4v) is 2.78. The lowest BCUT2D eigenvalue weighted by molar-refractivity contribution is 0.102. The van der Waals surface area contributed by atoms with Crippen LogP contribution in [0, 0.1) is 0 Å². The molecule has 0 aliphatic rings. The minimum atomic E-state index is -0.320. The number of aromatic nitrogens is 3. The van der Waals surface area contributed by atoms with Crippen molar-refractivity contribution in [1.29, 1.82) is 0 Å². The predicted octanol–water partition coefficient (Wildman–Crippen LogP) is 4.28. The number of carbonyl (C=O) groups is 1. The summed E-state index contributed by atoms with van der Waals surface area (Å²) in [5.74, 6) is 0.108. The number of hydrogen-bond acceptors (Lipinski definition) is 5. The van der Waals surface area contributed by atoms with E-state index in [1.54, 1.807) is 23.6 Å². The number of halogens is 2. The molecule has 112 valence electrons. The van der Waals surface area contributed by atoms with Gasteiger partial charge in [0.15, 0.2) is 10.9 Å². The number of hydrogen-bond donors (Lipinski definition) is 3. The Morgan fingerprint density at radius 2 is 2.09 bits per heavy atom. The second-order valence-electron chi connectivity index (χ2n) is 4.23. The minimum absolute atomic E-state index is 0.320. The predicted molar refractivity (Wildman–Crippen MR) is 91.1 cm³/mol. The van der Waals surface area contributed by atoms with Gasteiger partial charge in [0.2, 0.25) is 0 Å². The van der Waals surface area contributed by atoms with Crippen LogP contribution in [0.15, 0.2) is 40.3 Å². The summed E-state index contributed by atoms with van der Waals surface area (Å²) in [6.45, 7) is 0. The Balaban J connectivity index is 1.67. The second kappa shape index (κ2) is 6.47. The van der Waals surface area contributed by atoms with E-state index in [9.17, 15) is 4.79 Å². The molecule has 2 heterocycles. The van der Waals surface area contributed by atoms with Crippen molar-refractivity contribution in [2.45, 2.75) is 0 Å². The molecule has 0 atom stereocenters. The van der Waals surface area contributed by atoms with E-state index in [4.69, 9.17) is 11.6 Å². The lowest BCUT2D eigenvalue weighted by atomic mass is 10.3. The zero-order valence-electron chi connectivity index (χ0n) is 10.9. The van der Waals surface area contributed by atoms with Crippen molar-refractivity contribution >= 4 is 61.4 Å². The molecule has 0 bridgehead atoms. The van der Waals surface area contributed by atoms with E-state index >= 15 is 0 Å². The van der Waals surface area contributed by atoms with E-state index < -0.39 is 0 Å². The van der Waals surface area contributed by atoms with E-state index in [-0.39, 0.29) is 5.91 Å². The number of nitrogens with zero attached hydrogens (tertiary/aromatic N) is 2. The first-order chi connectivity index (χ1) is 10.6. The largest absolute Gasteiger partial charge is 0.332 e. The molecule has 0 radical (unpaired) electrons. The summed E-state index contributed by atoms with van der Waals surface area (Å²) in [6.07, 6.45) is 0. The lowest BCUT2D eigenvalue weighted by Crippen LogP contribution is -2.12. The third-order valence-corrected chi connectivity index (χ3v) is 4.04. The maximum absolute atomic E-state index is 12.1. The second-order valence-corrected chi connectivity index (χ2v) is 6.37. The number of H-pyrrole nitrogens is 1. The van der Waals surface area contributed by atoms with Crippen molar-refractivity contribution in [3.05, 3.63) is 51.0 Å². The molecular formula is C13H9BrClN5OS. The van der Waals surface area contributed by atoms with Gasteiger partial charge in [0.1, 0.15) is 10.3 Å². The summed E-state index contributed by atoms with van der Waals surface area (Å²) >= 11 is 10.4. The highest BCUT2D eigenvalue weighted by atomic mass is 79.9. The maximum Gasteiger partial charge on any atom is 0.276 e. The Kier molecular flexibility index (Phi) is 4.41. The molecule has 22 heavy (non-hydrogen) atoms. The number of anilines is 3. The number of benzene rings is 1. The van der Waals surface area contributed by atoms with E-state index in [0.29, 0.717) is 26.3 Å². The van der Waals surface area contributed by atoms with Gasteiger partial charge in [0.05, 0.1) is 0 Å². The Bertz CT molecular complexity index is 801. The number of nitrogens with one attached hydrogen (secondary N) is 3. The molecule has 9 heteroatoms. The van der Waals surface area contributed by atoms with Gasteiger partial charge in [0.25, 0.3) is 5.91 Å². The summed E-state index contributed by atoms with van der Waals surface area (Å²) in [6, 6.07) is 8.90. The minimum Gasteiger partial charge on any atom is -0.332 e. The first-order valence-electron chi connectivity index (χ1n) is 6.10. The van der Waals surface area contributed by atoms with E-state index in [2.05, 4.69) is 41.7 Å². The van der Waals surface area contributed by atoms with Crippen LogP contribution < -0.4 is 10.6 Å². The summed E-state index contributed by atoms with van der Waals surface area (Å²) in [7, 11) is 0. The van der Waals surface area contributed by atoms with Crippen molar-refractivity contribution in [2.75, 3.05) is 10.6 Å². The van der Waals surface area contributed by atoms with E-state index in [1.165, 1.54) is 11.3 Å². The summed E-state index contributed by atoms with van der Waals surface area (Å²) in [5, 5.41) is 15.3. The van der Waals surface area contributed by atoms with Crippen molar-refractivity contribution in [3.63, 3.8) is 0 Å². The van der Waals surface area contributed by atoms with Crippen LogP contribution in [0.4, 0.5) is 16.6 Å². The molecule has 2 aromatic heterocycles. The van der Waals surface area contributed by atoms with Gasteiger partial charge in [-0.2, -0.15) is 5.10 Å². The third-order valence-electron chi connectivity index (χ3n) is 2.62. The Morgan fingerprint density at radius 3 is 2.77 bits per heavy atom. The smallest absolute Gasteiger partial charge is 0.276 e. The number of aromatic amines is 1. The van der Waals surface area contributed by atoms with Crippen LogP contribution in [0.1, 0.15) is 10.5 Å². The molecule has 3 rings (SSSR count). The number of rotatable bonds is 4. The van der Waals surface area contributed by atoms with Gasteiger partial charge in [-0.1, -0.05) is 11.6 Å². The topological polar surface area (TPSA) is 82.7 Å². The maximum atomic E-state index is 12.1. The Morgan fingerprint density at radius 1 is 1.32 bits per heavy atom. The number of amides is 1. The van der Waals surface area contributed by atoms with Gasteiger partial charge in [-0.05, 0) is 40.2 Å². The molecule has 1 amide bonds. The summed E-state index contributed by atoms with van der Waals surface area (Å²) < 4.78 is 0.686. The van der Waals surface area contributed by atoms with Crippen molar-refractivity contribution < 1.29 is 4.79 Å². The van der Waals surface area contributed by atoms with Crippen LogP contribution >= 0.6 is 38.9 Å². The van der Waals surface area contributed by atoms with Crippen LogP contribution in [0.2, 0.25) is 5.02 Å². The molecule has 6 nitrogen and oxygen atoms in total. The highest BCUT2D eigenvalue weighted by Crippen LogP contribution is 2.22. The summed E-state index contributed by atoms with van der Waals surface area (Å²) in [4.78, 5) is 16.3. The zero-order chi connectivity index (χ0) is 15.5. The van der Waals surface area contributed by atoms with Crippen LogP contribution in [-0.4, -0.2) is 21.1 Å². The van der Waals surface area contributed by atoms with Crippen molar-refractivity contribution in [3.8, 4) is 0 Å². The fourth-order valence-electron chi connectivity index (χ4n) is 1.63. The van der Waals surface area contributed by atoms with Gasteiger partial charge >= 0.3 is 0 Å². The van der Waals surface area contributed by atoms with Crippen LogP contribution in [0.25, 0.3) is 0 Å². The molecule has 0 saturated heterocycles. The van der Waals surface area contributed by atoms with Gasteiger partial charge in [-0.25, -0.2) is 4.98 Å². The van der Waals surface area contributed by atoms with E-state index in [0.717, 1.165) is 5.69 Å². The van der Waals surface area contributed by atoms with Gasteiger partial charge < -0.3 is 10.6 Å². The Hall–Kier alpha value is -1.90. The molecular weight excluding hydrogens is 390 g/mol. The molecule has 0 aliphatic carbocycles. The number of thiazole rings is 1. The molecule has 0 saturated carbocycles. The van der Waals surface area contributed by atoms with Gasteiger partial charge in [0, 0.05) is 22.2 Å². The molecule has 3 aromatic rings.